The Hall–Kier alpha value is -3.15. The summed E-state index contributed by atoms with van der Waals surface area (Å²) in [6.07, 6.45) is 0. The highest BCUT2D eigenvalue weighted by Gasteiger charge is 2.33. The van der Waals surface area contributed by atoms with Gasteiger partial charge in [0.05, 0.1) is 16.9 Å². The molecule has 0 atom stereocenters. The Labute approximate surface area is 139 Å². The maximum absolute atomic E-state index is 13.0. The van der Waals surface area contributed by atoms with Crippen LogP contribution >= 0.6 is 0 Å². The number of carbonyl (C=O) groups excluding carboxylic acids is 3. The third-order valence-electron chi connectivity index (χ3n) is 4.04. The third-order valence-corrected chi connectivity index (χ3v) is 4.04. The first-order valence-corrected chi connectivity index (χ1v) is 7.51. The van der Waals surface area contributed by atoms with Crippen LogP contribution in [0.5, 0.6) is 0 Å². The van der Waals surface area contributed by atoms with Crippen LogP contribution in [0.2, 0.25) is 0 Å². The van der Waals surface area contributed by atoms with Crippen LogP contribution in [-0.4, -0.2) is 31.6 Å². The largest absolute Gasteiger partial charge is 0.388 e. The van der Waals surface area contributed by atoms with Crippen molar-refractivity contribution in [2.24, 2.45) is 0 Å². The molecule has 0 saturated carbocycles. The molecule has 0 spiro atoms. The van der Waals surface area contributed by atoms with Crippen molar-refractivity contribution in [3.8, 4) is 0 Å². The Morgan fingerprint density at radius 1 is 0.875 bits per heavy atom. The number of benzene rings is 2. The Morgan fingerprint density at radius 2 is 1.58 bits per heavy atom. The Bertz CT molecular complexity index is 887. The van der Waals surface area contributed by atoms with Gasteiger partial charge in [-0.3, -0.25) is 14.4 Å². The van der Waals surface area contributed by atoms with Gasteiger partial charge in [0.2, 0.25) is 5.91 Å². The molecule has 0 unspecified atom stereocenters. The Morgan fingerprint density at radius 3 is 2.21 bits per heavy atom. The fourth-order valence-corrected chi connectivity index (χ4v) is 2.91. The second-order valence-electron chi connectivity index (χ2n) is 5.51. The van der Waals surface area contributed by atoms with E-state index in [1.54, 1.807) is 44.4 Å². The smallest absolute Gasteiger partial charge is 0.221 e. The van der Waals surface area contributed by atoms with Crippen LogP contribution in [0.3, 0.4) is 0 Å². The van der Waals surface area contributed by atoms with E-state index in [0.29, 0.717) is 28.1 Å². The summed E-state index contributed by atoms with van der Waals surface area (Å²) in [5.41, 5.74) is 2.91. The van der Waals surface area contributed by atoms with Gasteiger partial charge in [-0.25, -0.2) is 0 Å². The highest BCUT2D eigenvalue weighted by atomic mass is 16.2. The minimum Gasteiger partial charge on any atom is -0.388 e. The summed E-state index contributed by atoms with van der Waals surface area (Å²) >= 11 is 0. The van der Waals surface area contributed by atoms with Gasteiger partial charge in [0.15, 0.2) is 11.6 Å². The molecule has 24 heavy (non-hydrogen) atoms. The summed E-state index contributed by atoms with van der Waals surface area (Å²) in [6, 6.07) is 8.34. The second kappa shape index (κ2) is 5.81. The van der Waals surface area contributed by atoms with Crippen LogP contribution < -0.4 is 16.0 Å². The summed E-state index contributed by atoms with van der Waals surface area (Å²) < 4.78 is 0. The number of fused-ring (bicyclic) bond motifs is 2. The number of ketones is 2. The number of rotatable bonds is 3. The average molecular weight is 323 g/mol. The van der Waals surface area contributed by atoms with E-state index < -0.39 is 0 Å². The lowest BCUT2D eigenvalue weighted by Crippen LogP contribution is -2.24. The zero-order valence-electron chi connectivity index (χ0n) is 13.6. The second-order valence-corrected chi connectivity index (χ2v) is 5.51. The number of nitrogens with one attached hydrogen (secondary N) is 3. The molecule has 1 amide bonds. The molecule has 6 nitrogen and oxygen atoms in total. The molecule has 122 valence electrons. The highest BCUT2D eigenvalue weighted by Crippen LogP contribution is 2.37. The lowest BCUT2D eigenvalue weighted by Gasteiger charge is -2.22. The summed E-state index contributed by atoms with van der Waals surface area (Å²) in [5.74, 6) is -0.814. The SMILES string of the molecule is CNc1ccc2c(c1)C(=O)c1ccc(NC)c(NC(C)=O)c1C2=O. The summed E-state index contributed by atoms with van der Waals surface area (Å²) in [4.78, 5) is 37.4. The average Bonchev–Trinajstić information content (AvgIpc) is 2.58. The number of hydrogen-bond acceptors (Lipinski definition) is 5. The van der Waals surface area contributed by atoms with Crippen molar-refractivity contribution in [3.63, 3.8) is 0 Å². The normalized spacial score (nSPS) is 12.3. The van der Waals surface area contributed by atoms with Crippen molar-refractivity contribution in [2.45, 2.75) is 6.92 Å². The van der Waals surface area contributed by atoms with Crippen LogP contribution in [-0.2, 0) is 4.79 Å². The summed E-state index contributed by atoms with van der Waals surface area (Å²) in [5, 5.41) is 8.57. The molecule has 6 heteroatoms. The van der Waals surface area contributed by atoms with Crippen molar-refractivity contribution < 1.29 is 14.4 Å². The molecule has 1 aliphatic carbocycles. The van der Waals surface area contributed by atoms with E-state index in [4.69, 9.17) is 0 Å². The van der Waals surface area contributed by atoms with Gasteiger partial charge in [-0.1, -0.05) is 0 Å². The lowest BCUT2D eigenvalue weighted by atomic mass is 9.82. The van der Waals surface area contributed by atoms with E-state index in [0.717, 1.165) is 5.69 Å². The van der Waals surface area contributed by atoms with Crippen molar-refractivity contribution in [1.29, 1.82) is 0 Å². The molecule has 0 heterocycles. The van der Waals surface area contributed by atoms with E-state index in [2.05, 4.69) is 16.0 Å². The van der Waals surface area contributed by atoms with Crippen LogP contribution in [0.4, 0.5) is 17.1 Å². The lowest BCUT2D eigenvalue weighted by molar-refractivity contribution is -0.114. The Balaban J connectivity index is 2.26. The molecule has 0 aromatic heterocycles. The predicted octanol–water partition coefficient (Wildman–Crippen LogP) is 2.50. The van der Waals surface area contributed by atoms with Gasteiger partial charge < -0.3 is 16.0 Å². The highest BCUT2D eigenvalue weighted by molar-refractivity contribution is 6.31. The molecule has 3 rings (SSSR count). The number of hydrogen-bond donors (Lipinski definition) is 3. The first-order valence-electron chi connectivity index (χ1n) is 7.51. The van der Waals surface area contributed by atoms with Gasteiger partial charge in [0.1, 0.15) is 0 Å². The number of carbonyl (C=O) groups is 3. The van der Waals surface area contributed by atoms with Gasteiger partial charge in [0.25, 0.3) is 0 Å². The molecule has 0 aliphatic heterocycles. The van der Waals surface area contributed by atoms with Crippen molar-refractivity contribution >= 4 is 34.5 Å². The predicted molar refractivity (Wildman–Crippen MR) is 93.1 cm³/mol. The van der Waals surface area contributed by atoms with Gasteiger partial charge in [0, 0.05) is 43.4 Å². The van der Waals surface area contributed by atoms with Crippen molar-refractivity contribution in [1.82, 2.24) is 0 Å². The quantitative estimate of drug-likeness (QED) is 0.689. The van der Waals surface area contributed by atoms with Gasteiger partial charge in [-0.05, 0) is 30.3 Å². The monoisotopic (exact) mass is 323 g/mol. The molecule has 0 bridgehead atoms. The summed E-state index contributed by atoms with van der Waals surface area (Å²) in [7, 11) is 3.44. The molecule has 2 aromatic rings. The number of amides is 1. The van der Waals surface area contributed by atoms with Crippen LogP contribution in [0.25, 0.3) is 0 Å². The van der Waals surface area contributed by atoms with Crippen LogP contribution in [0.15, 0.2) is 30.3 Å². The van der Waals surface area contributed by atoms with Crippen LogP contribution in [0.1, 0.15) is 38.8 Å². The van der Waals surface area contributed by atoms with Gasteiger partial charge >= 0.3 is 0 Å². The van der Waals surface area contributed by atoms with Crippen molar-refractivity contribution in [3.05, 3.63) is 52.6 Å². The maximum atomic E-state index is 13.0. The molecule has 1 aliphatic rings. The molecule has 0 saturated heterocycles. The fourth-order valence-electron chi connectivity index (χ4n) is 2.91. The molecule has 0 fully saturated rings. The minimum atomic E-state index is -0.309. The zero-order valence-corrected chi connectivity index (χ0v) is 13.6. The molecular weight excluding hydrogens is 306 g/mol. The fraction of sp³-hybridized carbons (Fsp3) is 0.167. The first-order chi connectivity index (χ1) is 11.5. The minimum absolute atomic E-state index is 0.228. The first kappa shape index (κ1) is 15.7. The standard InChI is InChI=1S/C18H17N3O3/c1-9(22)21-16-14(20-3)7-6-12-15(16)18(24)11-5-4-10(19-2)8-13(11)17(12)23/h4-8,19-20H,1-3H3,(H,21,22). The topological polar surface area (TPSA) is 87.3 Å². The van der Waals surface area contributed by atoms with Gasteiger partial charge in [-0.2, -0.15) is 0 Å². The van der Waals surface area contributed by atoms with E-state index in [1.165, 1.54) is 6.92 Å². The Kier molecular flexibility index (Phi) is 3.81. The summed E-state index contributed by atoms with van der Waals surface area (Å²) in [6.45, 7) is 1.36. The number of anilines is 3. The van der Waals surface area contributed by atoms with Gasteiger partial charge in [-0.15, -0.1) is 0 Å². The molecule has 2 aromatic carbocycles. The van der Waals surface area contributed by atoms with Crippen molar-refractivity contribution in [2.75, 3.05) is 30.0 Å². The maximum Gasteiger partial charge on any atom is 0.221 e. The van der Waals surface area contributed by atoms with E-state index >= 15 is 0 Å². The van der Waals surface area contributed by atoms with E-state index in [-0.39, 0.29) is 23.0 Å². The molecule has 0 radical (unpaired) electrons. The third kappa shape index (κ3) is 2.32. The zero-order chi connectivity index (χ0) is 17.4. The molecule has 3 N–H and O–H groups in total. The molecular formula is C18H17N3O3. The van der Waals surface area contributed by atoms with Crippen LogP contribution in [0, 0.1) is 0 Å². The van der Waals surface area contributed by atoms with E-state index in [1.807, 2.05) is 0 Å². The van der Waals surface area contributed by atoms with E-state index in [9.17, 15) is 14.4 Å².